The summed E-state index contributed by atoms with van der Waals surface area (Å²) in [6, 6.07) is 1.12. The third-order valence-corrected chi connectivity index (χ3v) is 5.01. The Balaban J connectivity index is 1.91. The molecule has 1 N–H and O–H groups in total. The number of methoxy groups -OCH3 is 1. The largest absolute Gasteiger partial charge is 0.469 e. The summed E-state index contributed by atoms with van der Waals surface area (Å²) in [4.78, 5) is 14.5. The van der Waals surface area contributed by atoms with Crippen LogP contribution in [0.3, 0.4) is 0 Å². The van der Waals surface area contributed by atoms with Gasteiger partial charge in [0, 0.05) is 25.2 Å². The summed E-state index contributed by atoms with van der Waals surface area (Å²) in [7, 11) is 1.51. The number of nitrogens with zero attached hydrogens (tertiary/aromatic N) is 1. The molecule has 2 atom stereocenters. The second kappa shape index (κ2) is 8.14. The average molecular weight is 296 g/mol. The van der Waals surface area contributed by atoms with E-state index in [0.717, 1.165) is 32.0 Å². The van der Waals surface area contributed by atoms with Crippen LogP contribution in [0.2, 0.25) is 0 Å². The topological polar surface area (TPSA) is 41.6 Å². The van der Waals surface area contributed by atoms with Crippen molar-refractivity contribution >= 4 is 5.97 Å². The molecule has 2 unspecified atom stereocenters. The van der Waals surface area contributed by atoms with Crippen LogP contribution in [0.15, 0.2) is 0 Å². The molecule has 2 aliphatic rings. The van der Waals surface area contributed by atoms with Crippen LogP contribution in [0.25, 0.3) is 0 Å². The normalized spacial score (nSPS) is 28.2. The summed E-state index contributed by atoms with van der Waals surface area (Å²) >= 11 is 0. The first-order valence-corrected chi connectivity index (χ1v) is 8.65. The molecule has 4 heteroatoms. The third-order valence-electron chi connectivity index (χ3n) is 5.01. The lowest BCUT2D eigenvalue weighted by molar-refractivity contribution is -0.148. The zero-order valence-electron chi connectivity index (χ0n) is 13.9. The maximum atomic E-state index is 12.0. The molecule has 2 fully saturated rings. The van der Waals surface area contributed by atoms with Crippen molar-refractivity contribution < 1.29 is 9.53 Å². The zero-order valence-corrected chi connectivity index (χ0v) is 13.9. The molecule has 1 heterocycles. The van der Waals surface area contributed by atoms with Gasteiger partial charge in [-0.05, 0) is 38.1 Å². The van der Waals surface area contributed by atoms with Crippen LogP contribution in [-0.2, 0) is 9.53 Å². The number of piperidine rings is 1. The van der Waals surface area contributed by atoms with Crippen LogP contribution in [0.5, 0.6) is 0 Å². The van der Waals surface area contributed by atoms with Gasteiger partial charge in [-0.25, -0.2) is 0 Å². The summed E-state index contributed by atoms with van der Waals surface area (Å²) in [6.45, 7) is 7.54. The molecule has 1 saturated carbocycles. The van der Waals surface area contributed by atoms with E-state index in [4.69, 9.17) is 4.74 Å². The molecule has 0 aromatic heterocycles. The molecule has 1 saturated heterocycles. The molecular formula is C17H32N2O2. The highest BCUT2D eigenvalue weighted by molar-refractivity contribution is 5.72. The van der Waals surface area contributed by atoms with Gasteiger partial charge < -0.3 is 10.1 Å². The first-order chi connectivity index (χ1) is 10.1. The van der Waals surface area contributed by atoms with Crippen molar-refractivity contribution in [2.24, 2.45) is 11.8 Å². The number of rotatable bonds is 6. The van der Waals surface area contributed by atoms with E-state index < -0.39 is 0 Å². The smallest absolute Gasteiger partial charge is 0.310 e. The van der Waals surface area contributed by atoms with Gasteiger partial charge in [-0.3, -0.25) is 9.69 Å². The maximum Gasteiger partial charge on any atom is 0.310 e. The molecule has 0 radical (unpaired) electrons. The second-order valence-corrected chi connectivity index (χ2v) is 7.18. The Morgan fingerprint density at radius 1 is 1.29 bits per heavy atom. The highest BCUT2D eigenvalue weighted by atomic mass is 16.5. The van der Waals surface area contributed by atoms with Crippen molar-refractivity contribution in [3.8, 4) is 0 Å². The number of nitrogens with one attached hydrogen (secondary N) is 1. The molecule has 4 nitrogen and oxygen atoms in total. The van der Waals surface area contributed by atoms with Crippen molar-refractivity contribution in [2.45, 2.75) is 64.5 Å². The molecule has 0 aromatic carbocycles. The van der Waals surface area contributed by atoms with Gasteiger partial charge >= 0.3 is 5.97 Å². The van der Waals surface area contributed by atoms with Crippen LogP contribution in [-0.4, -0.2) is 49.7 Å². The van der Waals surface area contributed by atoms with Gasteiger partial charge in [0.1, 0.15) is 0 Å². The van der Waals surface area contributed by atoms with Crippen LogP contribution in [0, 0.1) is 11.8 Å². The molecule has 122 valence electrons. The van der Waals surface area contributed by atoms with Crippen LogP contribution < -0.4 is 5.32 Å². The Hall–Kier alpha value is -0.610. The van der Waals surface area contributed by atoms with Crippen molar-refractivity contribution in [3.05, 3.63) is 0 Å². The number of ether oxygens (including phenoxy) is 1. The van der Waals surface area contributed by atoms with Crippen LogP contribution in [0.4, 0.5) is 0 Å². The molecular weight excluding hydrogens is 264 g/mol. The van der Waals surface area contributed by atoms with E-state index in [-0.39, 0.29) is 11.9 Å². The molecule has 2 rings (SSSR count). The quantitative estimate of drug-likeness (QED) is 0.764. The number of hydrogen-bond donors (Lipinski definition) is 1. The lowest BCUT2D eigenvalue weighted by Crippen LogP contribution is -2.54. The highest BCUT2D eigenvalue weighted by Gasteiger charge is 2.35. The van der Waals surface area contributed by atoms with Gasteiger partial charge in [-0.15, -0.1) is 0 Å². The Morgan fingerprint density at radius 3 is 2.62 bits per heavy atom. The molecule has 0 bridgehead atoms. The second-order valence-electron chi connectivity index (χ2n) is 7.18. The van der Waals surface area contributed by atoms with Crippen molar-refractivity contribution in [1.82, 2.24) is 10.2 Å². The van der Waals surface area contributed by atoms with E-state index in [9.17, 15) is 4.79 Å². The minimum Gasteiger partial charge on any atom is -0.469 e. The SMILES string of the molecule is COC(=O)C1CC(NCCC(C)C)CN(C2CCCC2)C1. The Kier molecular flexibility index (Phi) is 6.49. The maximum absolute atomic E-state index is 12.0. The van der Waals surface area contributed by atoms with Crippen molar-refractivity contribution in [3.63, 3.8) is 0 Å². The minimum absolute atomic E-state index is 0.0339. The van der Waals surface area contributed by atoms with Gasteiger partial charge in [-0.1, -0.05) is 26.7 Å². The monoisotopic (exact) mass is 296 g/mol. The Labute approximate surface area is 129 Å². The molecule has 1 aliphatic carbocycles. The number of esters is 1. The fourth-order valence-corrected chi connectivity index (χ4v) is 3.76. The lowest BCUT2D eigenvalue weighted by atomic mass is 9.92. The molecule has 0 amide bonds. The summed E-state index contributed by atoms with van der Waals surface area (Å²) in [5.41, 5.74) is 0. The highest BCUT2D eigenvalue weighted by Crippen LogP contribution is 2.28. The van der Waals surface area contributed by atoms with Gasteiger partial charge in [0.15, 0.2) is 0 Å². The van der Waals surface area contributed by atoms with E-state index in [1.165, 1.54) is 39.2 Å². The van der Waals surface area contributed by atoms with E-state index in [0.29, 0.717) is 12.1 Å². The standard InChI is InChI=1S/C17H32N2O2/c1-13(2)8-9-18-15-10-14(17(20)21-3)11-19(12-15)16-6-4-5-7-16/h13-16,18H,4-12H2,1-3H3. The summed E-state index contributed by atoms with van der Waals surface area (Å²) in [5, 5.41) is 3.67. The summed E-state index contributed by atoms with van der Waals surface area (Å²) in [6.07, 6.45) is 7.40. The van der Waals surface area contributed by atoms with Crippen molar-refractivity contribution in [2.75, 3.05) is 26.7 Å². The summed E-state index contributed by atoms with van der Waals surface area (Å²) in [5.74, 6) is 0.734. The Morgan fingerprint density at radius 2 is 2.00 bits per heavy atom. The van der Waals surface area contributed by atoms with E-state index in [1.54, 1.807) is 0 Å². The first-order valence-electron chi connectivity index (χ1n) is 8.65. The van der Waals surface area contributed by atoms with Gasteiger partial charge in [-0.2, -0.15) is 0 Å². The van der Waals surface area contributed by atoms with E-state index >= 15 is 0 Å². The van der Waals surface area contributed by atoms with Gasteiger partial charge in [0.05, 0.1) is 13.0 Å². The van der Waals surface area contributed by atoms with Gasteiger partial charge in [0.2, 0.25) is 0 Å². The van der Waals surface area contributed by atoms with Gasteiger partial charge in [0.25, 0.3) is 0 Å². The van der Waals surface area contributed by atoms with E-state index in [1.807, 2.05) is 0 Å². The third kappa shape index (κ3) is 4.96. The molecule has 21 heavy (non-hydrogen) atoms. The van der Waals surface area contributed by atoms with Crippen LogP contribution >= 0.6 is 0 Å². The van der Waals surface area contributed by atoms with E-state index in [2.05, 4.69) is 24.1 Å². The lowest BCUT2D eigenvalue weighted by Gasteiger charge is -2.40. The summed E-state index contributed by atoms with van der Waals surface area (Å²) < 4.78 is 5.00. The fraction of sp³-hybridized carbons (Fsp3) is 0.941. The zero-order chi connectivity index (χ0) is 15.2. The number of carbonyl (C=O) groups excluding carboxylic acids is 1. The molecule has 1 aliphatic heterocycles. The predicted molar refractivity (Wildman–Crippen MR) is 85.2 cm³/mol. The molecule has 0 aromatic rings. The number of hydrogen-bond acceptors (Lipinski definition) is 4. The van der Waals surface area contributed by atoms with Crippen molar-refractivity contribution in [1.29, 1.82) is 0 Å². The fourth-order valence-electron chi connectivity index (χ4n) is 3.76. The average Bonchev–Trinajstić information content (AvgIpc) is 3.00. The number of carbonyl (C=O) groups is 1. The first kappa shape index (κ1) is 16.8. The number of likely N-dealkylation sites (tertiary alicyclic amines) is 1. The predicted octanol–water partition coefficient (Wildman–Crippen LogP) is 2.43. The molecule has 0 spiro atoms. The van der Waals surface area contributed by atoms with Crippen LogP contribution in [0.1, 0.15) is 52.4 Å². The minimum atomic E-state index is -0.0339. The Bertz CT molecular complexity index is 327.